The number of halogens is 1. The summed E-state index contributed by atoms with van der Waals surface area (Å²) >= 11 is 3.51. The molecular weight excluding hydrogens is 294 g/mol. The van der Waals surface area contributed by atoms with Gasteiger partial charge in [0.15, 0.2) is 0 Å². The van der Waals surface area contributed by atoms with Crippen LogP contribution in [0.3, 0.4) is 0 Å². The van der Waals surface area contributed by atoms with Crippen molar-refractivity contribution in [1.82, 2.24) is 9.78 Å². The zero-order valence-corrected chi connectivity index (χ0v) is 12.8. The summed E-state index contributed by atoms with van der Waals surface area (Å²) in [4.78, 5) is 11.9. The Kier molecular flexibility index (Phi) is 6.57. The molecule has 18 heavy (non-hydrogen) atoms. The smallest absolute Gasteiger partial charge is 0.138 e. The number of unbranched alkanes of at least 4 members (excludes halogenated alkanes) is 2. The first-order valence-electron chi connectivity index (χ1n) is 6.53. The highest BCUT2D eigenvalue weighted by atomic mass is 79.9. The van der Waals surface area contributed by atoms with Crippen molar-refractivity contribution in [2.24, 2.45) is 5.73 Å². The van der Waals surface area contributed by atoms with E-state index in [1.807, 2.05) is 18.5 Å². The van der Waals surface area contributed by atoms with Gasteiger partial charge in [-0.1, -0.05) is 6.42 Å². The Labute approximate surface area is 117 Å². The summed E-state index contributed by atoms with van der Waals surface area (Å²) in [5, 5.41) is 4.39. The van der Waals surface area contributed by atoms with Crippen molar-refractivity contribution in [2.45, 2.75) is 52.5 Å². The molecule has 4 nitrogen and oxygen atoms in total. The summed E-state index contributed by atoms with van der Waals surface area (Å²) in [6, 6.07) is 0. The van der Waals surface area contributed by atoms with Crippen molar-refractivity contribution in [1.29, 1.82) is 0 Å². The third kappa shape index (κ3) is 4.21. The standard InChI is InChI=1S/C13H22BrN3O/c1-3-17-12(13(14)10(2)16-17)9-11(18)7-5-4-6-8-15/h3-9,15H2,1-2H3. The van der Waals surface area contributed by atoms with E-state index in [1.54, 1.807) is 0 Å². The highest BCUT2D eigenvalue weighted by Crippen LogP contribution is 2.22. The Balaban J connectivity index is 2.53. The lowest BCUT2D eigenvalue weighted by molar-refractivity contribution is -0.118. The molecule has 0 fully saturated rings. The van der Waals surface area contributed by atoms with Crippen LogP contribution in [0, 0.1) is 6.92 Å². The van der Waals surface area contributed by atoms with Gasteiger partial charge in [-0.3, -0.25) is 9.48 Å². The van der Waals surface area contributed by atoms with Gasteiger partial charge < -0.3 is 5.73 Å². The minimum atomic E-state index is 0.280. The molecular formula is C13H22BrN3O. The molecule has 0 aromatic carbocycles. The van der Waals surface area contributed by atoms with Gasteiger partial charge >= 0.3 is 0 Å². The van der Waals surface area contributed by atoms with E-state index >= 15 is 0 Å². The van der Waals surface area contributed by atoms with E-state index < -0.39 is 0 Å². The van der Waals surface area contributed by atoms with Crippen LogP contribution in [-0.2, 0) is 17.8 Å². The molecule has 0 unspecified atom stereocenters. The first-order chi connectivity index (χ1) is 8.60. The molecule has 1 aromatic rings. The fourth-order valence-corrected chi connectivity index (χ4v) is 2.38. The van der Waals surface area contributed by atoms with Crippen molar-refractivity contribution in [3.63, 3.8) is 0 Å². The lowest BCUT2D eigenvalue weighted by atomic mass is 10.1. The molecule has 0 aliphatic rings. The second-order valence-corrected chi connectivity index (χ2v) is 5.27. The quantitative estimate of drug-likeness (QED) is 0.750. The molecule has 1 heterocycles. The van der Waals surface area contributed by atoms with Crippen molar-refractivity contribution >= 4 is 21.7 Å². The predicted molar refractivity (Wildman–Crippen MR) is 76.6 cm³/mol. The van der Waals surface area contributed by atoms with Crippen LogP contribution in [0.4, 0.5) is 0 Å². The first-order valence-corrected chi connectivity index (χ1v) is 7.33. The zero-order valence-electron chi connectivity index (χ0n) is 11.2. The molecule has 0 aliphatic heterocycles. The van der Waals surface area contributed by atoms with Crippen molar-refractivity contribution < 1.29 is 4.79 Å². The summed E-state index contributed by atoms with van der Waals surface area (Å²) in [6.45, 7) is 5.49. The van der Waals surface area contributed by atoms with Gasteiger partial charge in [0.05, 0.1) is 15.9 Å². The SMILES string of the molecule is CCn1nc(C)c(Br)c1CC(=O)CCCCCN. The number of rotatable bonds is 8. The van der Waals surface area contributed by atoms with Gasteiger partial charge in [0, 0.05) is 19.4 Å². The molecule has 2 N–H and O–H groups in total. The number of nitrogens with zero attached hydrogens (tertiary/aromatic N) is 2. The number of hydrogen-bond donors (Lipinski definition) is 1. The third-order valence-corrected chi connectivity index (χ3v) is 4.01. The normalized spacial score (nSPS) is 10.9. The molecule has 0 aliphatic carbocycles. The summed E-state index contributed by atoms with van der Waals surface area (Å²) in [6.07, 6.45) is 4.09. The maximum Gasteiger partial charge on any atom is 0.138 e. The van der Waals surface area contributed by atoms with Gasteiger partial charge in [0.2, 0.25) is 0 Å². The maximum atomic E-state index is 11.9. The fraction of sp³-hybridized carbons (Fsp3) is 0.692. The van der Waals surface area contributed by atoms with Gasteiger partial charge in [0.1, 0.15) is 5.78 Å². The van der Waals surface area contributed by atoms with Crippen molar-refractivity contribution in [3.05, 3.63) is 15.9 Å². The Morgan fingerprint density at radius 3 is 2.72 bits per heavy atom. The van der Waals surface area contributed by atoms with Gasteiger partial charge in [-0.15, -0.1) is 0 Å². The molecule has 0 saturated heterocycles. The topological polar surface area (TPSA) is 60.9 Å². The zero-order chi connectivity index (χ0) is 13.5. The molecule has 0 atom stereocenters. The minimum Gasteiger partial charge on any atom is -0.330 e. The molecule has 5 heteroatoms. The number of carbonyl (C=O) groups is 1. The summed E-state index contributed by atoms with van der Waals surface area (Å²) in [7, 11) is 0. The number of hydrogen-bond acceptors (Lipinski definition) is 3. The Hall–Kier alpha value is -0.680. The molecule has 102 valence electrons. The van der Waals surface area contributed by atoms with E-state index in [4.69, 9.17) is 5.73 Å². The van der Waals surface area contributed by atoms with Crippen molar-refractivity contribution in [2.75, 3.05) is 6.54 Å². The molecule has 0 bridgehead atoms. The molecule has 0 spiro atoms. The van der Waals surface area contributed by atoms with Crippen LogP contribution in [0.25, 0.3) is 0 Å². The van der Waals surface area contributed by atoms with E-state index in [0.717, 1.165) is 41.7 Å². The van der Waals surface area contributed by atoms with Crippen molar-refractivity contribution in [3.8, 4) is 0 Å². The number of nitrogens with two attached hydrogens (primary N) is 1. The Morgan fingerprint density at radius 2 is 2.11 bits per heavy atom. The highest BCUT2D eigenvalue weighted by Gasteiger charge is 2.15. The highest BCUT2D eigenvalue weighted by molar-refractivity contribution is 9.10. The minimum absolute atomic E-state index is 0.280. The van der Waals surface area contributed by atoms with Crippen LogP contribution in [0.1, 0.15) is 44.0 Å². The number of carbonyl (C=O) groups excluding carboxylic acids is 1. The maximum absolute atomic E-state index is 11.9. The van der Waals surface area contributed by atoms with Crippen LogP contribution in [0.5, 0.6) is 0 Å². The molecule has 0 radical (unpaired) electrons. The summed E-state index contributed by atoms with van der Waals surface area (Å²) in [5.74, 6) is 0.280. The van der Waals surface area contributed by atoms with Gasteiger partial charge in [0.25, 0.3) is 0 Å². The van der Waals surface area contributed by atoms with Crippen LogP contribution in [0.2, 0.25) is 0 Å². The average molecular weight is 316 g/mol. The molecule has 0 saturated carbocycles. The van der Waals surface area contributed by atoms with E-state index in [9.17, 15) is 4.79 Å². The number of aryl methyl sites for hydroxylation is 2. The monoisotopic (exact) mass is 315 g/mol. The van der Waals surface area contributed by atoms with E-state index in [-0.39, 0.29) is 5.78 Å². The Morgan fingerprint density at radius 1 is 1.39 bits per heavy atom. The van der Waals surface area contributed by atoms with Gasteiger partial charge in [-0.05, 0) is 49.2 Å². The third-order valence-electron chi connectivity index (χ3n) is 2.98. The number of aromatic nitrogens is 2. The molecule has 1 aromatic heterocycles. The lowest BCUT2D eigenvalue weighted by Crippen LogP contribution is -2.10. The van der Waals surface area contributed by atoms with Crippen LogP contribution >= 0.6 is 15.9 Å². The van der Waals surface area contributed by atoms with Crippen LogP contribution < -0.4 is 5.73 Å². The van der Waals surface area contributed by atoms with E-state index in [1.165, 1.54) is 0 Å². The number of Topliss-reactive ketones (excluding diaryl/α,β-unsaturated/α-hetero) is 1. The molecule has 1 rings (SSSR count). The fourth-order valence-electron chi connectivity index (χ4n) is 1.96. The van der Waals surface area contributed by atoms with E-state index in [2.05, 4.69) is 21.0 Å². The lowest BCUT2D eigenvalue weighted by Gasteiger charge is -2.05. The average Bonchev–Trinajstić information content (AvgIpc) is 2.62. The van der Waals surface area contributed by atoms with Crippen LogP contribution in [-0.4, -0.2) is 22.1 Å². The van der Waals surface area contributed by atoms with Crippen LogP contribution in [0.15, 0.2) is 4.47 Å². The van der Waals surface area contributed by atoms with Gasteiger partial charge in [-0.25, -0.2) is 0 Å². The second-order valence-electron chi connectivity index (χ2n) is 4.48. The summed E-state index contributed by atoms with van der Waals surface area (Å²) in [5.41, 5.74) is 7.37. The second kappa shape index (κ2) is 7.69. The predicted octanol–water partition coefficient (Wildman–Crippen LogP) is 2.60. The number of ketones is 1. The van der Waals surface area contributed by atoms with E-state index in [0.29, 0.717) is 19.4 Å². The summed E-state index contributed by atoms with van der Waals surface area (Å²) < 4.78 is 2.87. The molecule has 0 amide bonds. The van der Waals surface area contributed by atoms with Gasteiger partial charge in [-0.2, -0.15) is 5.10 Å². The first kappa shape index (κ1) is 15.4. The largest absolute Gasteiger partial charge is 0.330 e. The Bertz CT molecular complexity index is 401.